The Morgan fingerprint density at radius 1 is 1.24 bits per heavy atom. The van der Waals surface area contributed by atoms with Crippen molar-refractivity contribution in [2.45, 2.75) is 64.0 Å². The monoisotopic (exact) mass is 285 g/mol. The molecule has 0 radical (unpaired) electrons. The molecule has 0 aliphatic heterocycles. The van der Waals surface area contributed by atoms with Gasteiger partial charge in [0.1, 0.15) is 0 Å². The number of nitrogens with zero attached hydrogens (tertiary/aromatic N) is 1. The first kappa shape index (κ1) is 14.3. The number of ketones is 1. The van der Waals surface area contributed by atoms with Gasteiger partial charge in [-0.1, -0.05) is 44.0 Å². The Hall–Kier alpha value is -1.64. The van der Waals surface area contributed by atoms with Gasteiger partial charge in [0.25, 0.3) is 0 Å². The van der Waals surface area contributed by atoms with Crippen LogP contribution in [0.15, 0.2) is 24.3 Å². The predicted octanol–water partition coefficient (Wildman–Crippen LogP) is 3.89. The van der Waals surface area contributed by atoms with E-state index in [0.717, 1.165) is 30.4 Å². The van der Waals surface area contributed by atoms with Crippen LogP contribution in [-0.4, -0.2) is 22.6 Å². The molecule has 1 aromatic carbocycles. The highest BCUT2D eigenvalue weighted by molar-refractivity contribution is 6.01. The summed E-state index contributed by atoms with van der Waals surface area (Å²) in [5, 5.41) is 0. The molecule has 3 nitrogen and oxygen atoms in total. The van der Waals surface area contributed by atoms with Crippen molar-refractivity contribution in [2.75, 3.05) is 0 Å². The van der Waals surface area contributed by atoms with E-state index < -0.39 is 0 Å². The van der Waals surface area contributed by atoms with Crippen LogP contribution in [0.2, 0.25) is 0 Å². The molecule has 1 saturated carbocycles. The van der Waals surface area contributed by atoms with Crippen molar-refractivity contribution in [1.29, 1.82) is 0 Å². The second-order valence-electron chi connectivity index (χ2n) is 6.22. The van der Waals surface area contributed by atoms with Crippen LogP contribution in [-0.2, 0) is 4.79 Å². The summed E-state index contributed by atoms with van der Waals surface area (Å²) in [4.78, 5) is 26.9. The maximum Gasteiger partial charge on any atom is 0.223 e. The number of amides is 1. The Kier molecular flexibility index (Phi) is 4.09. The van der Waals surface area contributed by atoms with E-state index in [1.807, 2.05) is 31.2 Å². The lowest BCUT2D eigenvalue weighted by atomic mass is 10.0. The largest absolute Gasteiger partial charge is 0.332 e. The van der Waals surface area contributed by atoms with Gasteiger partial charge in [-0.25, -0.2) is 0 Å². The SMILES string of the molecule is CCCC(=O)N(C1CCCC1)C1CC(=O)c2ccccc21. The van der Waals surface area contributed by atoms with Crippen LogP contribution in [0.3, 0.4) is 0 Å². The lowest BCUT2D eigenvalue weighted by molar-refractivity contribution is -0.136. The van der Waals surface area contributed by atoms with Crippen molar-refractivity contribution in [3.63, 3.8) is 0 Å². The number of carbonyl (C=O) groups is 2. The van der Waals surface area contributed by atoms with Gasteiger partial charge in [0, 0.05) is 24.4 Å². The summed E-state index contributed by atoms with van der Waals surface area (Å²) in [6, 6.07) is 8.10. The Labute approximate surface area is 126 Å². The molecule has 3 heteroatoms. The fourth-order valence-corrected chi connectivity index (χ4v) is 3.84. The van der Waals surface area contributed by atoms with Gasteiger partial charge < -0.3 is 4.90 Å². The van der Waals surface area contributed by atoms with Crippen LogP contribution in [0.25, 0.3) is 0 Å². The molecule has 0 saturated heterocycles. The number of rotatable bonds is 4. The van der Waals surface area contributed by atoms with E-state index in [0.29, 0.717) is 18.9 Å². The van der Waals surface area contributed by atoms with Crippen LogP contribution in [0, 0.1) is 0 Å². The van der Waals surface area contributed by atoms with Crippen LogP contribution in [0.4, 0.5) is 0 Å². The maximum absolute atomic E-state index is 12.6. The third kappa shape index (κ3) is 2.61. The summed E-state index contributed by atoms with van der Waals surface area (Å²) in [7, 11) is 0. The highest BCUT2D eigenvalue weighted by Gasteiger charge is 2.39. The third-order valence-corrected chi connectivity index (χ3v) is 4.80. The first-order valence-electron chi connectivity index (χ1n) is 8.15. The third-order valence-electron chi connectivity index (χ3n) is 4.80. The Balaban J connectivity index is 1.93. The Bertz CT molecular complexity index is 546. The fraction of sp³-hybridized carbons (Fsp3) is 0.556. The van der Waals surface area contributed by atoms with Gasteiger partial charge in [0.05, 0.1) is 6.04 Å². The Morgan fingerprint density at radius 2 is 1.95 bits per heavy atom. The van der Waals surface area contributed by atoms with Crippen LogP contribution in [0.5, 0.6) is 0 Å². The molecule has 1 unspecified atom stereocenters. The summed E-state index contributed by atoms with van der Waals surface area (Å²) in [5.74, 6) is 0.404. The average molecular weight is 285 g/mol. The second kappa shape index (κ2) is 6.00. The standard InChI is InChI=1S/C18H23NO2/c1-2-7-18(21)19(13-8-3-4-9-13)16-12-17(20)15-11-6-5-10-14(15)16/h5-6,10-11,13,16H,2-4,7-9,12H2,1H3. The van der Waals surface area contributed by atoms with E-state index >= 15 is 0 Å². The van der Waals surface area contributed by atoms with Crippen LogP contribution >= 0.6 is 0 Å². The van der Waals surface area contributed by atoms with Gasteiger partial charge in [-0.05, 0) is 24.8 Å². The summed E-state index contributed by atoms with van der Waals surface area (Å²) in [6.07, 6.45) is 6.48. The number of hydrogen-bond donors (Lipinski definition) is 0. The zero-order chi connectivity index (χ0) is 14.8. The number of Topliss-reactive ketones (excluding diaryl/α,β-unsaturated/α-hetero) is 1. The molecule has 0 bridgehead atoms. The van der Waals surface area contributed by atoms with Crippen molar-refractivity contribution < 1.29 is 9.59 Å². The molecular weight excluding hydrogens is 262 g/mol. The van der Waals surface area contributed by atoms with Crippen molar-refractivity contribution in [2.24, 2.45) is 0 Å². The number of fused-ring (bicyclic) bond motifs is 1. The molecule has 0 N–H and O–H groups in total. The average Bonchev–Trinajstić information content (AvgIpc) is 3.10. The van der Waals surface area contributed by atoms with E-state index in [4.69, 9.17) is 0 Å². The zero-order valence-corrected chi connectivity index (χ0v) is 12.7. The quantitative estimate of drug-likeness (QED) is 0.841. The molecule has 2 aliphatic carbocycles. The summed E-state index contributed by atoms with van der Waals surface area (Å²) < 4.78 is 0. The molecule has 1 fully saturated rings. The van der Waals surface area contributed by atoms with Gasteiger partial charge in [-0.2, -0.15) is 0 Å². The predicted molar refractivity (Wildman–Crippen MR) is 82.1 cm³/mol. The minimum Gasteiger partial charge on any atom is -0.332 e. The van der Waals surface area contributed by atoms with Crippen LogP contribution < -0.4 is 0 Å². The first-order chi connectivity index (χ1) is 10.2. The highest BCUT2D eigenvalue weighted by Crippen LogP contribution is 2.40. The van der Waals surface area contributed by atoms with Crippen molar-refractivity contribution >= 4 is 11.7 Å². The minimum absolute atomic E-state index is 0.0316. The van der Waals surface area contributed by atoms with Gasteiger partial charge in [0.15, 0.2) is 5.78 Å². The molecule has 0 spiro atoms. The molecule has 0 heterocycles. The first-order valence-corrected chi connectivity index (χ1v) is 8.15. The number of hydrogen-bond acceptors (Lipinski definition) is 2. The molecule has 1 amide bonds. The number of benzene rings is 1. The van der Waals surface area contributed by atoms with Gasteiger partial charge >= 0.3 is 0 Å². The van der Waals surface area contributed by atoms with E-state index in [-0.39, 0.29) is 17.7 Å². The lowest BCUT2D eigenvalue weighted by Gasteiger charge is -2.35. The smallest absolute Gasteiger partial charge is 0.223 e. The molecule has 112 valence electrons. The van der Waals surface area contributed by atoms with Gasteiger partial charge in [0.2, 0.25) is 5.91 Å². The second-order valence-corrected chi connectivity index (χ2v) is 6.22. The maximum atomic E-state index is 12.6. The molecule has 2 aliphatic rings. The summed E-state index contributed by atoms with van der Waals surface area (Å²) in [5.41, 5.74) is 1.87. The van der Waals surface area contributed by atoms with Crippen molar-refractivity contribution in [3.8, 4) is 0 Å². The Morgan fingerprint density at radius 3 is 2.67 bits per heavy atom. The minimum atomic E-state index is -0.0316. The lowest BCUT2D eigenvalue weighted by Crippen LogP contribution is -2.41. The van der Waals surface area contributed by atoms with Gasteiger partial charge in [-0.3, -0.25) is 9.59 Å². The molecule has 1 atom stereocenters. The van der Waals surface area contributed by atoms with E-state index in [2.05, 4.69) is 4.90 Å². The summed E-state index contributed by atoms with van der Waals surface area (Å²) in [6.45, 7) is 2.04. The molecule has 21 heavy (non-hydrogen) atoms. The van der Waals surface area contributed by atoms with Crippen molar-refractivity contribution in [3.05, 3.63) is 35.4 Å². The zero-order valence-electron chi connectivity index (χ0n) is 12.7. The molecule has 0 aromatic heterocycles. The van der Waals surface area contributed by atoms with E-state index in [1.54, 1.807) is 0 Å². The van der Waals surface area contributed by atoms with Gasteiger partial charge in [-0.15, -0.1) is 0 Å². The van der Waals surface area contributed by atoms with E-state index in [1.165, 1.54) is 12.8 Å². The molecular formula is C18H23NO2. The topological polar surface area (TPSA) is 37.4 Å². The fourth-order valence-electron chi connectivity index (χ4n) is 3.84. The molecule has 3 rings (SSSR count). The summed E-state index contributed by atoms with van der Waals surface area (Å²) >= 11 is 0. The normalized spacial score (nSPS) is 21.6. The van der Waals surface area contributed by atoms with Crippen LogP contribution in [0.1, 0.15) is 73.8 Å². The number of carbonyl (C=O) groups excluding carboxylic acids is 2. The molecule has 1 aromatic rings. The highest BCUT2D eigenvalue weighted by atomic mass is 16.2. The van der Waals surface area contributed by atoms with E-state index in [9.17, 15) is 9.59 Å². The van der Waals surface area contributed by atoms with Crippen molar-refractivity contribution in [1.82, 2.24) is 4.90 Å².